The molecule has 3 aromatic rings. The van der Waals surface area contributed by atoms with E-state index in [1.165, 1.54) is 0 Å². The maximum absolute atomic E-state index is 12.9. The van der Waals surface area contributed by atoms with E-state index in [1.54, 1.807) is 23.2 Å². The number of ether oxygens (including phenoxy) is 1. The highest BCUT2D eigenvalue weighted by Crippen LogP contribution is 2.26. The summed E-state index contributed by atoms with van der Waals surface area (Å²) >= 11 is 0. The molecule has 1 aliphatic heterocycles. The van der Waals surface area contributed by atoms with Gasteiger partial charge in [-0.05, 0) is 61.0 Å². The number of hydrogen-bond acceptors (Lipinski definition) is 5. The van der Waals surface area contributed by atoms with Crippen LogP contribution in [-0.4, -0.2) is 32.3 Å². The van der Waals surface area contributed by atoms with Crippen LogP contribution in [0.15, 0.2) is 72.8 Å². The zero-order chi connectivity index (χ0) is 22.3. The Balaban J connectivity index is 1.51. The quantitative estimate of drug-likeness (QED) is 0.583. The van der Waals surface area contributed by atoms with Gasteiger partial charge in [0.25, 0.3) is 0 Å². The highest BCUT2D eigenvalue weighted by Gasteiger charge is 2.16. The molecule has 0 aromatic heterocycles. The zero-order valence-electron chi connectivity index (χ0n) is 17.9. The predicted molar refractivity (Wildman–Crippen MR) is 126 cm³/mol. The molecular weight excluding hydrogens is 402 g/mol. The number of anilines is 4. The highest BCUT2D eigenvalue weighted by molar-refractivity contribution is 5.92. The van der Waals surface area contributed by atoms with Gasteiger partial charge in [-0.3, -0.25) is 5.01 Å². The van der Waals surface area contributed by atoms with Crippen molar-refractivity contribution < 1.29 is 9.53 Å². The molecule has 0 radical (unpaired) electrons. The summed E-state index contributed by atoms with van der Waals surface area (Å²) in [5.74, 6) is 0. The van der Waals surface area contributed by atoms with Gasteiger partial charge in [-0.15, -0.1) is 0 Å². The molecule has 0 aliphatic carbocycles. The second kappa shape index (κ2) is 9.86. The van der Waals surface area contributed by atoms with E-state index in [4.69, 9.17) is 4.74 Å². The number of rotatable bonds is 5. The average Bonchev–Trinajstić information content (AvgIpc) is 2.84. The van der Waals surface area contributed by atoms with Crippen molar-refractivity contribution in [3.63, 3.8) is 0 Å². The van der Waals surface area contributed by atoms with Gasteiger partial charge in [0, 0.05) is 24.5 Å². The van der Waals surface area contributed by atoms with Gasteiger partial charge in [-0.25, -0.2) is 10.2 Å². The SMILES string of the molecule is Cc1cc(NC(=O)NN(c2ccccc2)c2cccc(C#N)c2)ccc1N1CCOCC1. The molecule has 7 heteroatoms. The van der Waals surface area contributed by atoms with Gasteiger partial charge in [0.05, 0.1) is 36.2 Å². The van der Waals surface area contributed by atoms with Crippen LogP contribution in [-0.2, 0) is 4.74 Å². The van der Waals surface area contributed by atoms with Gasteiger partial charge < -0.3 is 15.0 Å². The minimum absolute atomic E-state index is 0.380. The summed E-state index contributed by atoms with van der Waals surface area (Å²) in [5.41, 5.74) is 7.81. The van der Waals surface area contributed by atoms with Crippen molar-refractivity contribution in [3.8, 4) is 6.07 Å². The van der Waals surface area contributed by atoms with E-state index in [2.05, 4.69) is 21.7 Å². The third-order valence-corrected chi connectivity index (χ3v) is 5.27. The van der Waals surface area contributed by atoms with E-state index in [0.29, 0.717) is 16.9 Å². The van der Waals surface area contributed by atoms with Crippen LogP contribution in [0.1, 0.15) is 11.1 Å². The second-order valence-electron chi connectivity index (χ2n) is 7.50. The van der Waals surface area contributed by atoms with Gasteiger partial charge in [0.2, 0.25) is 0 Å². The Bertz CT molecular complexity index is 1120. The number of urea groups is 1. The van der Waals surface area contributed by atoms with Gasteiger partial charge >= 0.3 is 6.03 Å². The van der Waals surface area contributed by atoms with E-state index in [-0.39, 0.29) is 6.03 Å². The summed E-state index contributed by atoms with van der Waals surface area (Å²) in [4.78, 5) is 15.2. The third kappa shape index (κ3) is 4.99. The van der Waals surface area contributed by atoms with Crippen LogP contribution >= 0.6 is 0 Å². The number of benzene rings is 3. The topological polar surface area (TPSA) is 80.6 Å². The van der Waals surface area contributed by atoms with Crippen LogP contribution in [0.3, 0.4) is 0 Å². The maximum Gasteiger partial charge on any atom is 0.338 e. The molecule has 7 nitrogen and oxygen atoms in total. The monoisotopic (exact) mass is 427 g/mol. The maximum atomic E-state index is 12.9. The van der Waals surface area contributed by atoms with Crippen LogP contribution in [0.2, 0.25) is 0 Å². The fourth-order valence-electron chi connectivity index (χ4n) is 3.72. The summed E-state index contributed by atoms with van der Waals surface area (Å²) in [6, 6.07) is 24.2. The zero-order valence-corrected chi connectivity index (χ0v) is 17.9. The number of para-hydroxylation sites is 1. The first-order valence-corrected chi connectivity index (χ1v) is 10.5. The number of amides is 2. The summed E-state index contributed by atoms with van der Waals surface area (Å²) in [6.45, 7) is 5.22. The molecule has 162 valence electrons. The van der Waals surface area contributed by atoms with Gasteiger partial charge in [-0.2, -0.15) is 5.26 Å². The minimum Gasteiger partial charge on any atom is -0.378 e. The van der Waals surface area contributed by atoms with E-state index in [0.717, 1.165) is 43.2 Å². The lowest BCUT2D eigenvalue weighted by Gasteiger charge is -2.30. The number of morpholine rings is 1. The lowest BCUT2D eigenvalue weighted by molar-refractivity contribution is 0.122. The van der Waals surface area contributed by atoms with E-state index < -0.39 is 0 Å². The average molecular weight is 428 g/mol. The largest absolute Gasteiger partial charge is 0.378 e. The first kappa shape index (κ1) is 21.2. The molecule has 0 spiro atoms. The molecular formula is C25H25N5O2. The van der Waals surface area contributed by atoms with Crippen molar-refractivity contribution in [2.45, 2.75) is 6.92 Å². The van der Waals surface area contributed by atoms with E-state index >= 15 is 0 Å². The highest BCUT2D eigenvalue weighted by atomic mass is 16.5. The molecule has 1 aliphatic rings. The Morgan fingerprint density at radius 2 is 1.75 bits per heavy atom. The summed E-state index contributed by atoms with van der Waals surface area (Å²) in [5, 5.41) is 13.8. The number of hydrogen-bond donors (Lipinski definition) is 2. The van der Waals surface area contributed by atoms with E-state index in [9.17, 15) is 10.1 Å². The van der Waals surface area contributed by atoms with Crippen molar-refractivity contribution in [1.82, 2.24) is 5.43 Å². The smallest absolute Gasteiger partial charge is 0.338 e. The number of nitrogens with one attached hydrogen (secondary N) is 2. The third-order valence-electron chi connectivity index (χ3n) is 5.27. The van der Waals surface area contributed by atoms with Crippen LogP contribution in [0, 0.1) is 18.3 Å². The number of carbonyl (C=O) groups excluding carboxylic acids is 1. The van der Waals surface area contributed by atoms with Crippen LogP contribution in [0.4, 0.5) is 27.5 Å². The molecule has 2 amide bonds. The molecule has 0 atom stereocenters. The molecule has 2 N–H and O–H groups in total. The summed E-state index contributed by atoms with van der Waals surface area (Å²) < 4.78 is 5.43. The second-order valence-corrected chi connectivity index (χ2v) is 7.50. The Labute approximate surface area is 187 Å². The molecule has 0 saturated carbocycles. The van der Waals surface area contributed by atoms with Crippen molar-refractivity contribution in [3.05, 3.63) is 83.9 Å². The number of nitrogens with zero attached hydrogens (tertiary/aromatic N) is 3. The molecule has 0 bridgehead atoms. The Morgan fingerprint density at radius 3 is 2.47 bits per heavy atom. The standard InChI is InChI=1S/C25H25N5O2/c1-19-16-21(10-11-24(19)29-12-14-32-15-13-29)27-25(31)28-30(22-7-3-2-4-8-22)23-9-5-6-20(17-23)18-26/h2-11,16-17H,12-15H2,1H3,(H2,27,28,31). The van der Waals surface area contributed by atoms with Crippen molar-refractivity contribution in [1.29, 1.82) is 5.26 Å². The molecule has 0 unspecified atom stereocenters. The van der Waals surface area contributed by atoms with Gasteiger partial charge in [0.15, 0.2) is 0 Å². The summed E-state index contributed by atoms with van der Waals surface area (Å²) in [6.07, 6.45) is 0. The number of carbonyl (C=O) groups is 1. The number of hydrazine groups is 1. The predicted octanol–water partition coefficient (Wildman–Crippen LogP) is 4.58. The van der Waals surface area contributed by atoms with E-state index in [1.807, 2.05) is 61.5 Å². The molecule has 1 heterocycles. The Kier molecular flexibility index (Phi) is 6.54. The molecule has 1 saturated heterocycles. The molecule has 1 fully saturated rings. The van der Waals surface area contributed by atoms with Crippen molar-refractivity contribution in [2.75, 3.05) is 41.5 Å². The Morgan fingerprint density at radius 1 is 1.00 bits per heavy atom. The fourth-order valence-corrected chi connectivity index (χ4v) is 3.72. The van der Waals surface area contributed by atoms with Crippen molar-refractivity contribution in [2.24, 2.45) is 0 Å². The van der Waals surface area contributed by atoms with Crippen LogP contribution in [0.5, 0.6) is 0 Å². The lowest BCUT2D eigenvalue weighted by atomic mass is 10.1. The van der Waals surface area contributed by atoms with Crippen molar-refractivity contribution >= 4 is 28.8 Å². The Hall–Kier alpha value is -4.02. The minimum atomic E-state index is -0.380. The number of nitriles is 1. The molecule has 3 aromatic carbocycles. The van der Waals surface area contributed by atoms with Gasteiger partial charge in [0.1, 0.15) is 0 Å². The molecule has 32 heavy (non-hydrogen) atoms. The normalized spacial score (nSPS) is 13.2. The number of aryl methyl sites for hydroxylation is 1. The first-order valence-electron chi connectivity index (χ1n) is 10.5. The fraction of sp³-hybridized carbons (Fsp3) is 0.200. The van der Waals surface area contributed by atoms with Gasteiger partial charge in [-0.1, -0.05) is 24.3 Å². The first-order chi connectivity index (χ1) is 15.6. The summed E-state index contributed by atoms with van der Waals surface area (Å²) in [7, 11) is 0. The van der Waals surface area contributed by atoms with Crippen LogP contribution in [0.25, 0.3) is 0 Å². The van der Waals surface area contributed by atoms with Crippen LogP contribution < -0.4 is 20.7 Å². The molecule has 4 rings (SSSR count). The lowest BCUT2D eigenvalue weighted by Crippen LogP contribution is -2.41.